The fraction of sp³-hybridized carbons (Fsp3) is 0.643. The van der Waals surface area contributed by atoms with Gasteiger partial charge < -0.3 is 4.74 Å². The van der Waals surface area contributed by atoms with Crippen molar-refractivity contribution in [3.63, 3.8) is 0 Å². The minimum Gasteiger partial charge on any atom is -0.375 e. The summed E-state index contributed by atoms with van der Waals surface area (Å²) in [4.78, 5) is 6.32. The zero-order chi connectivity index (χ0) is 14.9. The highest BCUT2D eigenvalue weighted by Crippen LogP contribution is 2.25. The Kier molecular flexibility index (Phi) is 4.26. The van der Waals surface area contributed by atoms with Crippen LogP contribution in [0, 0.1) is 0 Å². The average molecular weight is 311 g/mol. The van der Waals surface area contributed by atoms with E-state index in [0.29, 0.717) is 13.2 Å². The molecule has 116 valence electrons. The molecule has 2 atom stereocenters. The second-order valence-electron chi connectivity index (χ2n) is 5.73. The van der Waals surface area contributed by atoms with Crippen molar-refractivity contribution in [3.05, 3.63) is 30.1 Å². The van der Waals surface area contributed by atoms with E-state index in [1.165, 1.54) is 11.8 Å². The van der Waals surface area contributed by atoms with Crippen molar-refractivity contribution in [2.75, 3.05) is 32.5 Å². The Labute approximate surface area is 125 Å². The Bertz CT molecular complexity index is 578. The van der Waals surface area contributed by atoms with Crippen LogP contribution in [0.2, 0.25) is 0 Å². The topological polar surface area (TPSA) is 62.7 Å². The lowest BCUT2D eigenvalue weighted by Crippen LogP contribution is -2.60. The Morgan fingerprint density at radius 1 is 1.33 bits per heavy atom. The standard InChI is InChI=1S/C14H21N3O3S/c1-21(18,19)17-8-9-20-14-4-7-16(11-13(14)17)10-12-2-5-15-6-3-12/h2-3,5-6,13-14H,4,7-11H2,1H3/t13-,14-/m0/s1. The second-order valence-corrected chi connectivity index (χ2v) is 7.66. The first-order valence-corrected chi connectivity index (χ1v) is 9.08. The van der Waals surface area contributed by atoms with Gasteiger partial charge in [-0.1, -0.05) is 0 Å². The molecule has 0 spiro atoms. The molecule has 7 heteroatoms. The quantitative estimate of drug-likeness (QED) is 0.804. The monoisotopic (exact) mass is 311 g/mol. The molecule has 1 aromatic heterocycles. The van der Waals surface area contributed by atoms with Crippen molar-refractivity contribution in [2.24, 2.45) is 0 Å². The van der Waals surface area contributed by atoms with Crippen LogP contribution in [0.5, 0.6) is 0 Å². The highest BCUT2D eigenvalue weighted by atomic mass is 32.2. The van der Waals surface area contributed by atoms with E-state index in [4.69, 9.17) is 4.74 Å². The van der Waals surface area contributed by atoms with Crippen molar-refractivity contribution >= 4 is 10.0 Å². The Morgan fingerprint density at radius 2 is 2.10 bits per heavy atom. The third-order valence-corrected chi connectivity index (χ3v) is 5.50. The summed E-state index contributed by atoms with van der Waals surface area (Å²) in [6, 6.07) is 3.93. The normalized spacial score (nSPS) is 28.2. The van der Waals surface area contributed by atoms with Gasteiger partial charge in [-0.05, 0) is 24.1 Å². The van der Waals surface area contributed by atoms with Crippen LogP contribution in [-0.4, -0.2) is 67.2 Å². The predicted molar refractivity (Wildman–Crippen MR) is 79.2 cm³/mol. The third-order valence-electron chi connectivity index (χ3n) is 4.20. The molecule has 2 saturated heterocycles. The number of aromatic nitrogens is 1. The number of hydrogen-bond donors (Lipinski definition) is 0. The fourth-order valence-electron chi connectivity index (χ4n) is 3.21. The number of pyridine rings is 1. The van der Waals surface area contributed by atoms with Gasteiger partial charge in [-0.2, -0.15) is 4.31 Å². The van der Waals surface area contributed by atoms with Crippen LogP contribution in [0.15, 0.2) is 24.5 Å². The molecular weight excluding hydrogens is 290 g/mol. The minimum atomic E-state index is -3.18. The molecular formula is C14H21N3O3S. The van der Waals surface area contributed by atoms with E-state index >= 15 is 0 Å². The number of sulfonamides is 1. The third kappa shape index (κ3) is 3.42. The summed E-state index contributed by atoms with van der Waals surface area (Å²) < 4.78 is 31.3. The molecule has 0 bridgehead atoms. The maximum atomic E-state index is 11.9. The molecule has 21 heavy (non-hydrogen) atoms. The summed E-state index contributed by atoms with van der Waals surface area (Å²) in [5.41, 5.74) is 1.20. The van der Waals surface area contributed by atoms with Crippen LogP contribution < -0.4 is 0 Å². The molecule has 1 aromatic rings. The van der Waals surface area contributed by atoms with Gasteiger partial charge in [-0.3, -0.25) is 9.88 Å². The zero-order valence-corrected chi connectivity index (χ0v) is 13.0. The van der Waals surface area contributed by atoms with E-state index in [1.54, 1.807) is 16.7 Å². The van der Waals surface area contributed by atoms with Crippen molar-refractivity contribution in [1.82, 2.24) is 14.2 Å². The van der Waals surface area contributed by atoms with E-state index in [9.17, 15) is 8.42 Å². The van der Waals surface area contributed by atoms with E-state index in [-0.39, 0.29) is 12.1 Å². The van der Waals surface area contributed by atoms with Crippen molar-refractivity contribution < 1.29 is 13.2 Å². The number of rotatable bonds is 3. The number of likely N-dealkylation sites (tertiary alicyclic amines) is 1. The number of ether oxygens (including phenoxy) is 1. The van der Waals surface area contributed by atoms with Gasteiger partial charge in [0.1, 0.15) is 0 Å². The van der Waals surface area contributed by atoms with E-state index < -0.39 is 10.0 Å². The summed E-state index contributed by atoms with van der Waals surface area (Å²) >= 11 is 0. The Hall–Kier alpha value is -1.02. The fourth-order valence-corrected chi connectivity index (χ4v) is 4.31. The number of morpholine rings is 1. The molecule has 0 aromatic carbocycles. The average Bonchev–Trinajstić information content (AvgIpc) is 2.46. The lowest BCUT2D eigenvalue weighted by molar-refractivity contribution is -0.0768. The molecule has 0 amide bonds. The zero-order valence-electron chi connectivity index (χ0n) is 12.2. The van der Waals surface area contributed by atoms with Crippen LogP contribution in [0.3, 0.4) is 0 Å². The highest BCUT2D eigenvalue weighted by Gasteiger charge is 2.40. The van der Waals surface area contributed by atoms with Crippen LogP contribution >= 0.6 is 0 Å². The lowest BCUT2D eigenvalue weighted by Gasteiger charge is -2.45. The van der Waals surface area contributed by atoms with Crippen molar-refractivity contribution in [3.8, 4) is 0 Å². The number of piperidine rings is 1. The van der Waals surface area contributed by atoms with Crippen molar-refractivity contribution in [1.29, 1.82) is 0 Å². The first-order chi connectivity index (χ1) is 10.0. The molecule has 0 N–H and O–H groups in total. The second kappa shape index (κ2) is 6.00. The molecule has 0 saturated carbocycles. The first-order valence-electron chi connectivity index (χ1n) is 7.24. The predicted octanol–water partition coefficient (Wildman–Crippen LogP) is 0.316. The highest BCUT2D eigenvalue weighted by molar-refractivity contribution is 7.88. The summed E-state index contributed by atoms with van der Waals surface area (Å²) in [6.45, 7) is 3.44. The minimum absolute atomic E-state index is 0.0298. The van der Waals surface area contributed by atoms with Crippen LogP contribution in [-0.2, 0) is 21.3 Å². The number of hydrogen-bond acceptors (Lipinski definition) is 5. The molecule has 0 radical (unpaired) electrons. The summed E-state index contributed by atoms with van der Waals surface area (Å²) in [5, 5.41) is 0. The largest absolute Gasteiger partial charge is 0.375 e. The van der Waals surface area contributed by atoms with E-state index in [1.807, 2.05) is 12.1 Å². The molecule has 2 aliphatic heterocycles. The Morgan fingerprint density at radius 3 is 2.81 bits per heavy atom. The van der Waals surface area contributed by atoms with Gasteiger partial charge in [0, 0.05) is 38.6 Å². The molecule has 0 aliphatic carbocycles. The van der Waals surface area contributed by atoms with Crippen LogP contribution in [0.25, 0.3) is 0 Å². The summed E-state index contributed by atoms with van der Waals surface area (Å²) in [7, 11) is -3.18. The van der Waals surface area contributed by atoms with Gasteiger partial charge >= 0.3 is 0 Å². The van der Waals surface area contributed by atoms with Gasteiger partial charge in [0.05, 0.1) is 25.0 Å². The molecule has 2 fully saturated rings. The first kappa shape index (κ1) is 14.9. The van der Waals surface area contributed by atoms with Gasteiger partial charge in [0.25, 0.3) is 0 Å². The smallest absolute Gasteiger partial charge is 0.211 e. The maximum Gasteiger partial charge on any atom is 0.211 e. The van der Waals surface area contributed by atoms with Gasteiger partial charge in [-0.15, -0.1) is 0 Å². The summed E-state index contributed by atoms with van der Waals surface area (Å²) in [5.74, 6) is 0. The molecule has 3 rings (SSSR count). The molecule has 3 heterocycles. The maximum absolute atomic E-state index is 11.9. The van der Waals surface area contributed by atoms with E-state index in [0.717, 1.165) is 26.1 Å². The van der Waals surface area contributed by atoms with Gasteiger partial charge in [0.2, 0.25) is 10.0 Å². The molecule has 0 unspecified atom stereocenters. The van der Waals surface area contributed by atoms with E-state index in [2.05, 4.69) is 9.88 Å². The van der Waals surface area contributed by atoms with Crippen LogP contribution in [0.1, 0.15) is 12.0 Å². The summed E-state index contributed by atoms with van der Waals surface area (Å²) in [6.07, 6.45) is 5.77. The van der Waals surface area contributed by atoms with Gasteiger partial charge in [0.15, 0.2) is 0 Å². The number of nitrogens with zero attached hydrogens (tertiary/aromatic N) is 3. The molecule has 2 aliphatic rings. The number of fused-ring (bicyclic) bond motifs is 1. The Balaban J connectivity index is 1.71. The van der Waals surface area contributed by atoms with Crippen LogP contribution in [0.4, 0.5) is 0 Å². The van der Waals surface area contributed by atoms with Crippen molar-refractivity contribution in [2.45, 2.75) is 25.1 Å². The van der Waals surface area contributed by atoms with Gasteiger partial charge in [-0.25, -0.2) is 8.42 Å². The SMILES string of the molecule is CS(=O)(=O)N1CCO[C@H]2CCN(Cc3ccncc3)C[C@@H]21. The molecule has 6 nitrogen and oxygen atoms in total. The lowest BCUT2D eigenvalue weighted by atomic mass is 10.00.